The Morgan fingerprint density at radius 3 is 2.32 bits per heavy atom. The van der Waals surface area contributed by atoms with E-state index in [9.17, 15) is 9.59 Å². The minimum absolute atomic E-state index is 0.147. The summed E-state index contributed by atoms with van der Waals surface area (Å²) in [6, 6.07) is 17.7. The standard InChI is InChI=1S/C21H20O4/c1-3-21(19(23)13-14-20(25-21)24-15(2)22)18-11-9-17(10-12-18)16-7-5-4-6-8-16/h4-14,20H,3H2,1-2H3. The van der Waals surface area contributed by atoms with Crippen molar-refractivity contribution in [1.82, 2.24) is 0 Å². The second kappa shape index (κ2) is 7.03. The predicted molar refractivity (Wildman–Crippen MR) is 94.6 cm³/mol. The molecule has 1 aliphatic rings. The Hall–Kier alpha value is -2.72. The van der Waals surface area contributed by atoms with Gasteiger partial charge in [-0.15, -0.1) is 0 Å². The van der Waals surface area contributed by atoms with E-state index in [-0.39, 0.29) is 5.78 Å². The second-order valence-electron chi connectivity index (χ2n) is 5.94. The molecule has 4 nitrogen and oxygen atoms in total. The molecule has 0 saturated heterocycles. The van der Waals surface area contributed by atoms with Crippen LogP contribution in [0.1, 0.15) is 25.8 Å². The van der Waals surface area contributed by atoms with Crippen LogP contribution in [0, 0.1) is 0 Å². The first-order valence-electron chi connectivity index (χ1n) is 8.29. The third-order valence-electron chi connectivity index (χ3n) is 4.36. The lowest BCUT2D eigenvalue weighted by molar-refractivity contribution is -0.203. The molecule has 2 atom stereocenters. The van der Waals surface area contributed by atoms with E-state index in [0.717, 1.165) is 16.7 Å². The number of rotatable bonds is 4. The van der Waals surface area contributed by atoms with Crippen LogP contribution >= 0.6 is 0 Å². The molecule has 4 heteroatoms. The fraction of sp³-hybridized carbons (Fsp3) is 0.238. The molecule has 0 amide bonds. The Labute approximate surface area is 147 Å². The average Bonchev–Trinajstić information content (AvgIpc) is 2.64. The maximum absolute atomic E-state index is 12.6. The highest BCUT2D eigenvalue weighted by atomic mass is 16.7. The van der Waals surface area contributed by atoms with Gasteiger partial charge in [-0.3, -0.25) is 9.59 Å². The van der Waals surface area contributed by atoms with Crippen LogP contribution in [-0.4, -0.2) is 18.0 Å². The topological polar surface area (TPSA) is 52.6 Å². The zero-order chi connectivity index (χ0) is 17.9. The van der Waals surface area contributed by atoms with E-state index in [2.05, 4.69) is 0 Å². The minimum atomic E-state index is -1.13. The summed E-state index contributed by atoms with van der Waals surface area (Å²) in [7, 11) is 0. The number of ketones is 1. The van der Waals surface area contributed by atoms with Crippen LogP contribution in [-0.2, 0) is 24.7 Å². The maximum atomic E-state index is 12.6. The molecule has 0 aromatic heterocycles. The summed E-state index contributed by atoms with van der Waals surface area (Å²) in [4.78, 5) is 23.8. The molecule has 2 unspecified atom stereocenters. The lowest BCUT2D eigenvalue weighted by Crippen LogP contribution is -2.44. The third-order valence-corrected chi connectivity index (χ3v) is 4.36. The molecule has 0 aliphatic carbocycles. The molecule has 1 aliphatic heterocycles. The fourth-order valence-corrected chi connectivity index (χ4v) is 3.06. The van der Waals surface area contributed by atoms with E-state index in [0.29, 0.717) is 6.42 Å². The van der Waals surface area contributed by atoms with Gasteiger partial charge < -0.3 is 9.47 Å². The van der Waals surface area contributed by atoms with E-state index in [1.807, 2.05) is 61.5 Å². The normalized spacial score (nSPS) is 22.6. The van der Waals surface area contributed by atoms with Crippen molar-refractivity contribution in [2.45, 2.75) is 32.2 Å². The van der Waals surface area contributed by atoms with Crippen LogP contribution in [0.15, 0.2) is 66.7 Å². The Balaban J connectivity index is 1.93. The summed E-state index contributed by atoms with van der Waals surface area (Å²) in [6.07, 6.45) is 2.49. The number of carbonyl (C=O) groups is 2. The van der Waals surface area contributed by atoms with Gasteiger partial charge in [0.2, 0.25) is 6.29 Å². The molecule has 3 rings (SSSR count). The highest BCUT2D eigenvalue weighted by Crippen LogP contribution is 2.36. The Morgan fingerprint density at radius 2 is 1.72 bits per heavy atom. The molecule has 0 N–H and O–H groups in total. The number of carbonyl (C=O) groups excluding carboxylic acids is 2. The first-order chi connectivity index (χ1) is 12.0. The molecule has 0 radical (unpaired) electrons. The largest absolute Gasteiger partial charge is 0.432 e. The number of hydrogen-bond donors (Lipinski definition) is 0. The zero-order valence-electron chi connectivity index (χ0n) is 14.3. The summed E-state index contributed by atoms with van der Waals surface area (Å²) >= 11 is 0. The summed E-state index contributed by atoms with van der Waals surface area (Å²) < 4.78 is 11.0. The molecule has 25 heavy (non-hydrogen) atoms. The van der Waals surface area contributed by atoms with Crippen LogP contribution in [0.3, 0.4) is 0 Å². The fourth-order valence-electron chi connectivity index (χ4n) is 3.06. The van der Waals surface area contributed by atoms with Gasteiger partial charge in [0, 0.05) is 6.92 Å². The van der Waals surface area contributed by atoms with Crippen molar-refractivity contribution in [2.24, 2.45) is 0 Å². The Kier molecular flexibility index (Phi) is 4.81. The van der Waals surface area contributed by atoms with Gasteiger partial charge in [0.25, 0.3) is 0 Å². The van der Waals surface area contributed by atoms with Crippen molar-refractivity contribution in [1.29, 1.82) is 0 Å². The number of ether oxygens (including phenoxy) is 2. The van der Waals surface area contributed by atoms with Crippen molar-refractivity contribution in [3.8, 4) is 11.1 Å². The molecule has 2 aromatic rings. The summed E-state index contributed by atoms with van der Waals surface area (Å²) in [5.74, 6) is -0.598. The van der Waals surface area contributed by atoms with Crippen molar-refractivity contribution >= 4 is 11.8 Å². The first-order valence-corrected chi connectivity index (χ1v) is 8.29. The van der Waals surface area contributed by atoms with Crippen LogP contribution in [0.2, 0.25) is 0 Å². The van der Waals surface area contributed by atoms with Crippen LogP contribution in [0.5, 0.6) is 0 Å². The summed E-state index contributed by atoms with van der Waals surface area (Å²) in [6.45, 7) is 3.20. The molecule has 1 heterocycles. The van der Waals surface area contributed by atoms with Crippen molar-refractivity contribution in [3.05, 3.63) is 72.3 Å². The molecule has 0 spiro atoms. The van der Waals surface area contributed by atoms with Gasteiger partial charge >= 0.3 is 5.97 Å². The second-order valence-corrected chi connectivity index (χ2v) is 5.94. The highest BCUT2D eigenvalue weighted by molar-refractivity contribution is 5.98. The van der Waals surface area contributed by atoms with Crippen molar-refractivity contribution in [3.63, 3.8) is 0 Å². The highest BCUT2D eigenvalue weighted by Gasteiger charge is 2.43. The Bertz CT molecular complexity index is 792. The lowest BCUT2D eigenvalue weighted by atomic mass is 9.84. The average molecular weight is 336 g/mol. The molecule has 0 bridgehead atoms. The molecule has 128 valence electrons. The molecular formula is C21H20O4. The SMILES string of the molecule is CCC1(c2ccc(-c3ccccc3)cc2)OC(OC(C)=O)C=CC1=O. The molecular weight excluding hydrogens is 316 g/mol. The van der Waals surface area contributed by atoms with Gasteiger partial charge in [0.1, 0.15) is 0 Å². The first kappa shape index (κ1) is 17.1. The molecule has 0 saturated carbocycles. The minimum Gasteiger partial charge on any atom is -0.432 e. The van der Waals surface area contributed by atoms with E-state index in [4.69, 9.17) is 9.47 Å². The monoisotopic (exact) mass is 336 g/mol. The van der Waals surface area contributed by atoms with Gasteiger partial charge in [-0.05, 0) is 35.3 Å². The number of hydrogen-bond acceptors (Lipinski definition) is 4. The van der Waals surface area contributed by atoms with E-state index in [1.165, 1.54) is 19.1 Å². The predicted octanol–water partition coefficient (Wildman–Crippen LogP) is 4.00. The number of esters is 1. The summed E-state index contributed by atoms with van der Waals surface area (Å²) in [5, 5.41) is 0. The van der Waals surface area contributed by atoms with Crippen LogP contribution < -0.4 is 0 Å². The summed E-state index contributed by atoms with van der Waals surface area (Å²) in [5.41, 5.74) is 1.78. The van der Waals surface area contributed by atoms with E-state index >= 15 is 0 Å². The smallest absolute Gasteiger partial charge is 0.305 e. The third kappa shape index (κ3) is 3.39. The maximum Gasteiger partial charge on any atom is 0.305 e. The Morgan fingerprint density at radius 1 is 1.08 bits per heavy atom. The van der Waals surface area contributed by atoms with E-state index in [1.54, 1.807) is 0 Å². The lowest BCUT2D eigenvalue weighted by Gasteiger charge is -2.36. The van der Waals surface area contributed by atoms with E-state index < -0.39 is 17.9 Å². The molecule has 2 aromatic carbocycles. The van der Waals surface area contributed by atoms with Crippen molar-refractivity contribution < 1.29 is 19.1 Å². The number of benzene rings is 2. The quantitative estimate of drug-likeness (QED) is 0.792. The van der Waals surface area contributed by atoms with Gasteiger partial charge in [0.05, 0.1) is 0 Å². The zero-order valence-corrected chi connectivity index (χ0v) is 14.3. The van der Waals surface area contributed by atoms with Gasteiger partial charge in [0.15, 0.2) is 11.4 Å². The van der Waals surface area contributed by atoms with Gasteiger partial charge in [-0.2, -0.15) is 0 Å². The molecule has 0 fully saturated rings. The van der Waals surface area contributed by atoms with Gasteiger partial charge in [-0.25, -0.2) is 0 Å². The van der Waals surface area contributed by atoms with Gasteiger partial charge in [-0.1, -0.05) is 61.5 Å². The van der Waals surface area contributed by atoms with Crippen molar-refractivity contribution in [2.75, 3.05) is 0 Å². The van der Waals surface area contributed by atoms with Crippen LogP contribution in [0.25, 0.3) is 11.1 Å². The van der Waals surface area contributed by atoms with Crippen LogP contribution in [0.4, 0.5) is 0 Å².